The van der Waals surface area contributed by atoms with Crippen LogP contribution in [0, 0.1) is 5.41 Å². The van der Waals surface area contributed by atoms with E-state index in [9.17, 15) is 9.67 Å². The van der Waals surface area contributed by atoms with E-state index in [1.165, 1.54) is 36.8 Å². The summed E-state index contributed by atoms with van der Waals surface area (Å²) in [5, 5.41) is 15.8. The second-order valence-corrected chi connectivity index (χ2v) is 11.1. The molecule has 1 saturated carbocycles. The van der Waals surface area contributed by atoms with Gasteiger partial charge in [-0.05, 0) is 24.4 Å². The molecule has 2 aromatic heterocycles. The molecule has 3 atom stereocenters. The largest absolute Gasteiger partial charge is 0.388 e. The summed E-state index contributed by atoms with van der Waals surface area (Å²) < 4.78 is 23.4. The van der Waals surface area contributed by atoms with Gasteiger partial charge in [0.2, 0.25) is 5.28 Å². The van der Waals surface area contributed by atoms with E-state index in [4.69, 9.17) is 30.9 Å². The lowest BCUT2D eigenvalue weighted by atomic mass is 9.68. The van der Waals surface area contributed by atoms with Gasteiger partial charge in [0.25, 0.3) is 0 Å². The summed E-state index contributed by atoms with van der Waals surface area (Å²) in [5.41, 5.74) is 0.855. The summed E-state index contributed by atoms with van der Waals surface area (Å²) in [7, 11) is -4.26. The fourth-order valence-electron chi connectivity index (χ4n) is 5.20. The number of aliphatic hydroxyl groups is 1. The molecule has 32 heavy (non-hydrogen) atoms. The molecule has 1 spiro atoms. The second kappa shape index (κ2) is 8.47. The smallest absolute Gasteiger partial charge is 0.350 e. The second-order valence-electron chi connectivity index (χ2n) is 9.18. The zero-order valence-corrected chi connectivity index (χ0v) is 19.2. The minimum Gasteiger partial charge on any atom is -0.388 e. The average molecular weight is 488 g/mol. The Morgan fingerprint density at radius 1 is 1.25 bits per heavy atom. The van der Waals surface area contributed by atoms with Crippen molar-refractivity contribution in [3.05, 3.63) is 11.5 Å². The molecule has 1 aliphatic carbocycles. The molecule has 176 valence electrons. The number of aromatic nitrogens is 4. The summed E-state index contributed by atoms with van der Waals surface area (Å²) in [5.74, 6) is 0.747. The molecule has 4 heterocycles. The number of hydrogen-bond donors (Lipinski definition) is 3. The SMILES string of the molecule is O=P(O)(O)COCC1C[C@@H](O)C(n2ncc3c(N4CC5(CCCCC5)C4)nc(Cl)nc32)O1. The van der Waals surface area contributed by atoms with Crippen molar-refractivity contribution in [3.8, 4) is 0 Å². The van der Waals surface area contributed by atoms with E-state index in [-0.39, 0.29) is 18.3 Å². The number of aliphatic hydroxyl groups excluding tert-OH is 1. The average Bonchev–Trinajstić information content (AvgIpc) is 3.28. The van der Waals surface area contributed by atoms with Crippen LogP contribution in [-0.4, -0.2) is 72.9 Å². The Hall–Kier alpha value is -1.33. The molecule has 2 aromatic rings. The molecular weight excluding hydrogens is 461 g/mol. The summed E-state index contributed by atoms with van der Waals surface area (Å²) >= 11 is 6.25. The molecule has 2 aliphatic heterocycles. The third-order valence-electron chi connectivity index (χ3n) is 6.64. The van der Waals surface area contributed by atoms with Crippen molar-refractivity contribution in [2.75, 3.05) is 30.9 Å². The van der Waals surface area contributed by atoms with Gasteiger partial charge in [-0.1, -0.05) is 19.3 Å². The molecule has 0 amide bonds. The molecule has 0 aromatic carbocycles. The normalized spacial score (nSPS) is 27.9. The van der Waals surface area contributed by atoms with Gasteiger partial charge < -0.3 is 29.3 Å². The molecule has 0 radical (unpaired) electrons. The number of halogens is 1. The number of nitrogens with zero attached hydrogens (tertiary/aromatic N) is 5. The van der Waals surface area contributed by atoms with Crippen LogP contribution >= 0.6 is 19.2 Å². The maximum Gasteiger partial charge on any atom is 0.350 e. The molecule has 3 N–H and O–H groups in total. The summed E-state index contributed by atoms with van der Waals surface area (Å²) in [6.45, 7) is 1.85. The minimum absolute atomic E-state index is 0.0469. The lowest BCUT2D eigenvalue weighted by Gasteiger charge is -2.53. The van der Waals surface area contributed by atoms with Gasteiger partial charge in [-0.3, -0.25) is 4.57 Å². The van der Waals surface area contributed by atoms with Crippen molar-refractivity contribution in [1.82, 2.24) is 19.7 Å². The lowest BCUT2D eigenvalue weighted by molar-refractivity contribution is -0.0623. The van der Waals surface area contributed by atoms with E-state index in [1.807, 2.05) is 0 Å². The Bertz CT molecular complexity index is 1030. The summed E-state index contributed by atoms with van der Waals surface area (Å²) in [6, 6.07) is 0. The van der Waals surface area contributed by atoms with Crippen molar-refractivity contribution in [2.45, 2.75) is 57.0 Å². The van der Waals surface area contributed by atoms with Gasteiger partial charge in [0.15, 0.2) is 11.9 Å². The maximum atomic E-state index is 10.9. The number of ether oxygens (including phenoxy) is 2. The van der Waals surface area contributed by atoms with Gasteiger partial charge in [0.05, 0.1) is 24.3 Å². The Balaban J connectivity index is 1.33. The Labute approximate surface area is 189 Å². The van der Waals surface area contributed by atoms with Crippen molar-refractivity contribution >= 4 is 36.0 Å². The molecule has 3 aliphatic rings. The van der Waals surface area contributed by atoms with Crippen LogP contribution < -0.4 is 4.90 Å². The highest BCUT2D eigenvalue weighted by atomic mass is 35.5. The van der Waals surface area contributed by atoms with Crippen LogP contribution in [-0.2, 0) is 14.0 Å². The van der Waals surface area contributed by atoms with Gasteiger partial charge in [0.1, 0.15) is 18.3 Å². The van der Waals surface area contributed by atoms with Crippen LogP contribution in [0.5, 0.6) is 0 Å². The molecule has 13 heteroatoms. The molecule has 11 nitrogen and oxygen atoms in total. The van der Waals surface area contributed by atoms with E-state index in [0.29, 0.717) is 11.1 Å². The fraction of sp³-hybridized carbons (Fsp3) is 0.737. The Morgan fingerprint density at radius 2 is 2.00 bits per heavy atom. The van der Waals surface area contributed by atoms with Crippen LogP contribution in [0.25, 0.3) is 11.0 Å². The number of fused-ring (bicyclic) bond motifs is 1. The highest BCUT2D eigenvalue weighted by Crippen LogP contribution is 2.46. The third-order valence-corrected chi connectivity index (χ3v) is 7.33. The van der Waals surface area contributed by atoms with E-state index < -0.39 is 32.4 Å². The first kappa shape index (κ1) is 22.5. The molecule has 2 saturated heterocycles. The molecular formula is C19H27ClN5O6P. The third kappa shape index (κ3) is 4.40. The monoisotopic (exact) mass is 487 g/mol. The van der Waals surface area contributed by atoms with E-state index in [2.05, 4.69) is 20.0 Å². The van der Waals surface area contributed by atoms with Crippen LogP contribution in [0.1, 0.15) is 44.8 Å². The number of anilines is 1. The van der Waals surface area contributed by atoms with Gasteiger partial charge in [-0.2, -0.15) is 15.1 Å². The molecule has 5 rings (SSSR count). The van der Waals surface area contributed by atoms with Crippen LogP contribution in [0.2, 0.25) is 5.28 Å². The quantitative estimate of drug-likeness (QED) is 0.409. The van der Waals surface area contributed by atoms with Crippen molar-refractivity contribution < 1.29 is 28.9 Å². The standard InChI is InChI=1S/C19H27ClN5O6P/c20-18-22-15(24-9-19(10-24)4-2-1-3-5-19)13-7-21-25(16(13)23-18)17-14(26)6-12(31-17)8-30-11-32(27,28)29/h7,12,14,17,26H,1-6,8-11H2,(H2,27,28,29)/t12?,14-,17?/m1/s1. The van der Waals surface area contributed by atoms with Crippen molar-refractivity contribution in [1.29, 1.82) is 0 Å². The summed E-state index contributed by atoms with van der Waals surface area (Å²) in [4.78, 5) is 28.9. The molecule has 0 bridgehead atoms. The topological polar surface area (TPSA) is 143 Å². The van der Waals surface area contributed by atoms with E-state index in [1.54, 1.807) is 6.20 Å². The Morgan fingerprint density at radius 3 is 2.72 bits per heavy atom. The minimum atomic E-state index is -4.26. The predicted octanol–water partition coefficient (Wildman–Crippen LogP) is 2.05. The fourth-order valence-corrected chi connectivity index (χ4v) is 5.71. The van der Waals surface area contributed by atoms with Crippen LogP contribution in [0.4, 0.5) is 5.82 Å². The van der Waals surface area contributed by atoms with Gasteiger partial charge >= 0.3 is 7.60 Å². The first-order valence-electron chi connectivity index (χ1n) is 10.8. The number of rotatable bonds is 6. The van der Waals surface area contributed by atoms with Crippen LogP contribution in [0.3, 0.4) is 0 Å². The van der Waals surface area contributed by atoms with Crippen molar-refractivity contribution in [3.63, 3.8) is 0 Å². The van der Waals surface area contributed by atoms with Crippen molar-refractivity contribution in [2.24, 2.45) is 5.41 Å². The van der Waals surface area contributed by atoms with E-state index >= 15 is 0 Å². The van der Waals surface area contributed by atoms with Crippen LogP contribution in [0.15, 0.2) is 6.20 Å². The first-order chi connectivity index (χ1) is 15.2. The molecule has 2 unspecified atom stereocenters. The highest BCUT2D eigenvalue weighted by Gasteiger charge is 2.45. The lowest BCUT2D eigenvalue weighted by Crippen LogP contribution is -2.57. The van der Waals surface area contributed by atoms with E-state index in [0.717, 1.165) is 24.3 Å². The van der Waals surface area contributed by atoms with Gasteiger partial charge in [0, 0.05) is 24.9 Å². The maximum absolute atomic E-state index is 10.9. The highest BCUT2D eigenvalue weighted by molar-refractivity contribution is 7.51. The predicted molar refractivity (Wildman–Crippen MR) is 115 cm³/mol. The zero-order valence-electron chi connectivity index (χ0n) is 17.5. The molecule has 3 fully saturated rings. The van der Waals surface area contributed by atoms with Gasteiger partial charge in [-0.15, -0.1) is 0 Å². The first-order valence-corrected chi connectivity index (χ1v) is 13.0. The number of hydrogen-bond acceptors (Lipinski definition) is 8. The Kier molecular flexibility index (Phi) is 5.94. The van der Waals surface area contributed by atoms with Gasteiger partial charge in [-0.25, -0.2) is 4.68 Å². The summed E-state index contributed by atoms with van der Waals surface area (Å²) in [6.07, 6.45) is 5.37. The zero-order chi connectivity index (χ0) is 22.5.